The third-order valence-electron chi connectivity index (χ3n) is 5.09. The number of benzene rings is 2. The van der Waals surface area contributed by atoms with Crippen molar-refractivity contribution in [3.05, 3.63) is 46.5 Å². The number of ether oxygens (including phenoxy) is 4. The Morgan fingerprint density at radius 2 is 1.90 bits per heavy atom. The quantitative estimate of drug-likeness (QED) is 0.678. The molecule has 2 heterocycles. The van der Waals surface area contributed by atoms with E-state index in [1.807, 2.05) is 18.2 Å². The highest BCUT2D eigenvalue weighted by atomic mass is 35.5. The topological polar surface area (TPSA) is 72.5 Å². The number of hydrazine groups is 1. The third-order valence-corrected chi connectivity index (χ3v) is 5.74. The molecule has 2 aromatic carbocycles. The van der Waals surface area contributed by atoms with Crippen molar-refractivity contribution in [2.75, 3.05) is 34.1 Å². The number of amides is 1. The molecular weight excluding hydrogens is 442 g/mol. The molecule has 0 aliphatic carbocycles. The van der Waals surface area contributed by atoms with Crippen LogP contribution in [0, 0.1) is 0 Å². The van der Waals surface area contributed by atoms with Gasteiger partial charge in [0, 0.05) is 19.6 Å². The van der Waals surface area contributed by atoms with Crippen LogP contribution in [-0.4, -0.2) is 55.1 Å². The minimum atomic E-state index is -0.291. The maximum absolute atomic E-state index is 13.4. The number of hydrogen-bond acceptors (Lipinski definition) is 6. The maximum atomic E-state index is 13.4. The Labute approximate surface area is 190 Å². The highest BCUT2D eigenvalue weighted by Crippen LogP contribution is 2.37. The van der Waals surface area contributed by atoms with Crippen molar-refractivity contribution >= 4 is 34.8 Å². The van der Waals surface area contributed by atoms with Crippen LogP contribution in [0.25, 0.3) is 0 Å². The van der Waals surface area contributed by atoms with Gasteiger partial charge in [0.1, 0.15) is 11.3 Å². The molecule has 10 heteroatoms. The standard InChI is InChI=1S/C21H22ClN3O5S/c1-27-16-7-5-14(22)19(28-2)18(16)20(26)24-8-3-9-25(24)21(31)23-11-13-4-6-15-17(10-13)30-12-29-15/h4-7,10H,3,8-9,11-12H2,1-2H3,(H,23,31). The summed E-state index contributed by atoms with van der Waals surface area (Å²) >= 11 is 11.8. The summed E-state index contributed by atoms with van der Waals surface area (Å²) in [6, 6.07) is 9.00. The molecule has 8 nitrogen and oxygen atoms in total. The van der Waals surface area contributed by atoms with E-state index in [4.69, 9.17) is 42.8 Å². The minimum absolute atomic E-state index is 0.228. The predicted molar refractivity (Wildman–Crippen MR) is 119 cm³/mol. The predicted octanol–water partition coefficient (Wildman–Crippen LogP) is 3.22. The molecule has 0 spiro atoms. The minimum Gasteiger partial charge on any atom is -0.496 e. The fourth-order valence-corrected chi connectivity index (χ4v) is 4.09. The lowest BCUT2D eigenvalue weighted by molar-refractivity contribution is 0.0484. The van der Waals surface area contributed by atoms with Gasteiger partial charge in [-0.1, -0.05) is 17.7 Å². The van der Waals surface area contributed by atoms with E-state index in [0.717, 1.165) is 17.7 Å². The van der Waals surface area contributed by atoms with Gasteiger partial charge in [-0.05, 0) is 48.5 Å². The molecule has 0 unspecified atom stereocenters. The summed E-state index contributed by atoms with van der Waals surface area (Å²) < 4.78 is 21.5. The number of carbonyl (C=O) groups excluding carboxylic acids is 1. The normalized spacial score (nSPS) is 14.5. The third kappa shape index (κ3) is 4.15. The lowest BCUT2D eigenvalue weighted by Gasteiger charge is -2.31. The molecule has 1 N–H and O–H groups in total. The first-order chi connectivity index (χ1) is 15.0. The second-order valence-corrected chi connectivity index (χ2v) is 7.70. The van der Waals surface area contributed by atoms with E-state index >= 15 is 0 Å². The number of carbonyl (C=O) groups is 1. The van der Waals surface area contributed by atoms with Gasteiger partial charge in [-0.2, -0.15) is 0 Å². The molecule has 0 aromatic heterocycles. The Bertz CT molecular complexity index is 1020. The van der Waals surface area contributed by atoms with Crippen LogP contribution in [0.3, 0.4) is 0 Å². The van der Waals surface area contributed by atoms with Gasteiger partial charge in [-0.15, -0.1) is 0 Å². The van der Waals surface area contributed by atoms with Crippen LogP contribution in [0.1, 0.15) is 22.3 Å². The smallest absolute Gasteiger partial charge is 0.280 e. The molecule has 2 aliphatic rings. The van der Waals surface area contributed by atoms with E-state index in [9.17, 15) is 4.79 Å². The Balaban J connectivity index is 1.49. The second kappa shape index (κ2) is 9.07. The van der Waals surface area contributed by atoms with E-state index in [1.54, 1.807) is 22.2 Å². The molecule has 0 bridgehead atoms. The average Bonchev–Trinajstić information content (AvgIpc) is 3.46. The molecule has 0 saturated carbocycles. The van der Waals surface area contributed by atoms with Crippen LogP contribution in [-0.2, 0) is 6.54 Å². The van der Waals surface area contributed by atoms with Gasteiger partial charge < -0.3 is 24.3 Å². The molecular formula is C21H22ClN3O5S. The number of rotatable bonds is 5. The lowest BCUT2D eigenvalue weighted by atomic mass is 10.1. The number of methoxy groups -OCH3 is 2. The molecule has 2 aromatic rings. The average molecular weight is 464 g/mol. The molecule has 1 amide bonds. The van der Waals surface area contributed by atoms with E-state index in [0.29, 0.717) is 41.3 Å². The van der Waals surface area contributed by atoms with Crippen LogP contribution in [0.4, 0.5) is 0 Å². The fraction of sp³-hybridized carbons (Fsp3) is 0.333. The SMILES string of the molecule is COc1ccc(Cl)c(OC)c1C(=O)N1CCCN1C(=S)NCc1ccc2c(c1)OCO2. The van der Waals surface area contributed by atoms with E-state index in [-0.39, 0.29) is 24.0 Å². The Morgan fingerprint density at radius 3 is 2.68 bits per heavy atom. The summed E-state index contributed by atoms with van der Waals surface area (Å²) in [4.78, 5) is 13.4. The first-order valence-electron chi connectivity index (χ1n) is 9.69. The van der Waals surface area contributed by atoms with Gasteiger partial charge in [0.25, 0.3) is 5.91 Å². The number of halogens is 1. The van der Waals surface area contributed by atoms with E-state index in [1.165, 1.54) is 14.2 Å². The van der Waals surface area contributed by atoms with Crippen molar-refractivity contribution in [2.24, 2.45) is 0 Å². The Kier molecular flexibility index (Phi) is 6.24. The zero-order valence-electron chi connectivity index (χ0n) is 17.1. The van der Waals surface area contributed by atoms with Crippen molar-refractivity contribution < 1.29 is 23.7 Å². The van der Waals surface area contributed by atoms with E-state index in [2.05, 4.69) is 5.32 Å². The Hall–Kier alpha value is -2.91. The number of thiocarbonyl (C=S) groups is 1. The highest BCUT2D eigenvalue weighted by Gasteiger charge is 2.33. The maximum Gasteiger partial charge on any atom is 0.280 e. The largest absolute Gasteiger partial charge is 0.496 e. The lowest BCUT2D eigenvalue weighted by Crippen LogP contribution is -2.49. The first-order valence-corrected chi connectivity index (χ1v) is 10.5. The number of hydrogen-bond donors (Lipinski definition) is 1. The van der Waals surface area contributed by atoms with Gasteiger partial charge in [0.15, 0.2) is 22.4 Å². The summed E-state index contributed by atoms with van der Waals surface area (Å²) in [6.45, 7) is 1.84. The van der Waals surface area contributed by atoms with Crippen molar-refractivity contribution in [2.45, 2.75) is 13.0 Å². The van der Waals surface area contributed by atoms with Crippen molar-refractivity contribution in [1.29, 1.82) is 0 Å². The van der Waals surface area contributed by atoms with Crippen molar-refractivity contribution in [3.63, 3.8) is 0 Å². The summed E-state index contributed by atoms with van der Waals surface area (Å²) in [5.41, 5.74) is 1.25. The van der Waals surface area contributed by atoms with Gasteiger partial charge in [0.2, 0.25) is 6.79 Å². The van der Waals surface area contributed by atoms with Crippen molar-refractivity contribution in [3.8, 4) is 23.0 Å². The Morgan fingerprint density at radius 1 is 1.13 bits per heavy atom. The van der Waals surface area contributed by atoms with Crippen LogP contribution in [0.2, 0.25) is 5.02 Å². The molecule has 31 heavy (non-hydrogen) atoms. The summed E-state index contributed by atoms with van der Waals surface area (Å²) in [6.07, 6.45) is 0.781. The van der Waals surface area contributed by atoms with Crippen LogP contribution in [0.5, 0.6) is 23.0 Å². The number of nitrogens with one attached hydrogen (secondary N) is 1. The zero-order chi connectivity index (χ0) is 22.0. The second-order valence-electron chi connectivity index (χ2n) is 6.91. The number of nitrogens with zero attached hydrogens (tertiary/aromatic N) is 2. The molecule has 1 fully saturated rings. The van der Waals surface area contributed by atoms with Crippen LogP contribution >= 0.6 is 23.8 Å². The molecule has 4 rings (SSSR count). The number of fused-ring (bicyclic) bond motifs is 1. The van der Waals surface area contributed by atoms with Crippen molar-refractivity contribution in [1.82, 2.24) is 15.3 Å². The van der Waals surface area contributed by atoms with Crippen LogP contribution in [0.15, 0.2) is 30.3 Å². The molecule has 164 valence electrons. The first kappa shape index (κ1) is 21.3. The van der Waals surface area contributed by atoms with Gasteiger partial charge in [-0.25, -0.2) is 5.01 Å². The van der Waals surface area contributed by atoms with Crippen LogP contribution < -0.4 is 24.3 Å². The summed E-state index contributed by atoms with van der Waals surface area (Å²) in [5.74, 6) is 1.81. The van der Waals surface area contributed by atoms with E-state index < -0.39 is 0 Å². The summed E-state index contributed by atoms with van der Waals surface area (Å²) in [7, 11) is 2.97. The monoisotopic (exact) mass is 463 g/mol. The zero-order valence-corrected chi connectivity index (χ0v) is 18.7. The van der Waals surface area contributed by atoms with Gasteiger partial charge in [0.05, 0.1) is 19.2 Å². The van der Waals surface area contributed by atoms with Gasteiger partial charge in [-0.3, -0.25) is 9.80 Å². The highest BCUT2D eigenvalue weighted by molar-refractivity contribution is 7.80. The molecule has 2 aliphatic heterocycles. The van der Waals surface area contributed by atoms with Gasteiger partial charge >= 0.3 is 0 Å². The summed E-state index contributed by atoms with van der Waals surface area (Å²) in [5, 5.41) is 7.34. The molecule has 0 atom stereocenters. The fourth-order valence-electron chi connectivity index (χ4n) is 3.59. The molecule has 1 saturated heterocycles. The molecule has 0 radical (unpaired) electrons.